The van der Waals surface area contributed by atoms with Gasteiger partial charge in [0.2, 0.25) is 0 Å². The van der Waals surface area contributed by atoms with Gasteiger partial charge in [-0.05, 0) is 55.2 Å². The van der Waals surface area contributed by atoms with Crippen LogP contribution >= 0.6 is 0 Å². The van der Waals surface area contributed by atoms with Gasteiger partial charge in [-0.15, -0.1) is 0 Å². The molecule has 128 valence electrons. The maximum absolute atomic E-state index is 5.92. The number of hydrogen-bond acceptors (Lipinski definition) is 3. The fraction of sp³-hybridized carbons (Fsp3) is 0.316. The van der Waals surface area contributed by atoms with Crippen molar-refractivity contribution in [2.75, 3.05) is 26.1 Å². The van der Waals surface area contributed by atoms with Crippen LogP contribution in [0, 0.1) is 6.92 Å². The summed E-state index contributed by atoms with van der Waals surface area (Å²) < 4.78 is 10.6. The largest absolute Gasteiger partial charge is 0.493 e. The lowest BCUT2D eigenvalue weighted by Gasteiger charge is -2.09. The Hall–Kier alpha value is -2.69. The van der Waals surface area contributed by atoms with Gasteiger partial charge in [-0.25, -0.2) is 0 Å². The molecule has 0 aromatic heterocycles. The maximum Gasteiger partial charge on any atom is 0.193 e. The van der Waals surface area contributed by atoms with Crippen LogP contribution in [0.15, 0.2) is 47.5 Å². The molecule has 2 aromatic carbocycles. The molecule has 0 unspecified atom stereocenters. The molecule has 0 aliphatic rings. The van der Waals surface area contributed by atoms with Crippen molar-refractivity contribution in [3.63, 3.8) is 0 Å². The van der Waals surface area contributed by atoms with Crippen molar-refractivity contribution in [2.24, 2.45) is 10.7 Å². The molecule has 0 bridgehead atoms. The smallest absolute Gasteiger partial charge is 0.193 e. The molecule has 0 amide bonds. The van der Waals surface area contributed by atoms with Crippen molar-refractivity contribution in [1.29, 1.82) is 0 Å². The Bertz CT molecular complexity index is 699. The minimum absolute atomic E-state index is 0.438. The van der Waals surface area contributed by atoms with Crippen LogP contribution in [0.25, 0.3) is 0 Å². The van der Waals surface area contributed by atoms with E-state index in [4.69, 9.17) is 15.2 Å². The molecule has 0 aliphatic carbocycles. The Morgan fingerprint density at radius 2 is 1.88 bits per heavy atom. The Balaban J connectivity index is 1.83. The first kappa shape index (κ1) is 17.7. The third-order valence-corrected chi connectivity index (χ3v) is 3.64. The average Bonchev–Trinajstić information content (AvgIpc) is 2.58. The highest BCUT2D eigenvalue weighted by atomic mass is 16.5. The van der Waals surface area contributed by atoms with Gasteiger partial charge in [0.05, 0.1) is 14.2 Å². The van der Waals surface area contributed by atoms with Gasteiger partial charge in [0.25, 0.3) is 0 Å². The van der Waals surface area contributed by atoms with Crippen LogP contribution in [0.4, 0.5) is 5.69 Å². The van der Waals surface area contributed by atoms with E-state index >= 15 is 0 Å². The normalized spacial score (nSPS) is 11.2. The molecule has 0 fully saturated rings. The standard InChI is InChI=1S/C19H25N3O2/c1-14-6-4-8-16(12-14)22-19(20)21-11-5-7-15-9-10-17(23-2)18(13-15)24-3/h4,6,8-10,12-13H,5,7,11H2,1-3H3,(H3,20,21,22). The molecule has 0 atom stereocenters. The van der Waals surface area contributed by atoms with Crippen LogP contribution in [0.1, 0.15) is 17.5 Å². The van der Waals surface area contributed by atoms with Crippen molar-refractivity contribution in [3.05, 3.63) is 53.6 Å². The molecular weight excluding hydrogens is 302 g/mol. The van der Waals surface area contributed by atoms with Crippen molar-refractivity contribution in [3.8, 4) is 11.5 Å². The number of aliphatic imine (C=N–C) groups is 1. The number of methoxy groups -OCH3 is 2. The summed E-state index contributed by atoms with van der Waals surface area (Å²) in [6.07, 6.45) is 1.81. The van der Waals surface area contributed by atoms with Crippen LogP contribution in [-0.2, 0) is 6.42 Å². The van der Waals surface area contributed by atoms with E-state index in [9.17, 15) is 0 Å². The van der Waals surface area contributed by atoms with Gasteiger partial charge >= 0.3 is 0 Å². The Kier molecular flexibility index (Phi) is 6.49. The van der Waals surface area contributed by atoms with Crippen molar-refractivity contribution in [1.82, 2.24) is 0 Å². The SMILES string of the molecule is COc1ccc(CCCN=C(N)Nc2cccc(C)c2)cc1OC. The van der Waals surface area contributed by atoms with E-state index in [0.29, 0.717) is 12.5 Å². The first-order valence-corrected chi connectivity index (χ1v) is 7.97. The molecule has 2 rings (SSSR count). The third kappa shape index (κ3) is 5.19. The summed E-state index contributed by atoms with van der Waals surface area (Å²) in [6.45, 7) is 2.71. The molecule has 0 heterocycles. The highest BCUT2D eigenvalue weighted by Gasteiger charge is 2.04. The molecule has 0 spiro atoms. The van der Waals surface area contributed by atoms with E-state index in [2.05, 4.69) is 10.3 Å². The molecule has 0 radical (unpaired) electrons. The maximum atomic E-state index is 5.92. The molecule has 24 heavy (non-hydrogen) atoms. The Morgan fingerprint density at radius 3 is 2.58 bits per heavy atom. The van der Waals surface area contributed by atoms with Crippen LogP contribution in [0.2, 0.25) is 0 Å². The molecule has 2 aromatic rings. The minimum Gasteiger partial charge on any atom is -0.493 e. The average molecular weight is 327 g/mol. The van der Waals surface area contributed by atoms with Crippen LogP contribution < -0.4 is 20.5 Å². The molecular formula is C19H25N3O2. The summed E-state index contributed by atoms with van der Waals surface area (Å²) in [5.74, 6) is 1.93. The monoisotopic (exact) mass is 327 g/mol. The van der Waals surface area contributed by atoms with Gasteiger partial charge in [0, 0.05) is 12.2 Å². The Morgan fingerprint density at radius 1 is 1.08 bits per heavy atom. The first-order chi connectivity index (χ1) is 11.6. The highest BCUT2D eigenvalue weighted by Crippen LogP contribution is 2.27. The topological polar surface area (TPSA) is 68.9 Å². The van der Waals surface area contributed by atoms with Crippen molar-refractivity contribution in [2.45, 2.75) is 19.8 Å². The summed E-state index contributed by atoms with van der Waals surface area (Å²) in [4.78, 5) is 4.37. The number of hydrogen-bond donors (Lipinski definition) is 2. The second-order valence-corrected chi connectivity index (χ2v) is 5.55. The van der Waals surface area contributed by atoms with Crippen LogP contribution in [0.3, 0.4) is 0 Å². The number of nitrogens with zero attached hydrogens (tertiary/aromatic N) is 1. The second kappa shape index (κ2) is 8.82. The summed E-state index contributed by atoms with van der Waals surface area (Å²) in [5, 5.41) is 3.11. The van der Waals surface area contributed by atoms with E-state index in [-0.39, 0.29) is 0 Å². The lowest BCUT2D eigenvalue weighted by Crippen LogP contribution is -2.22. The van der Waals surface area contributed by atoms with E-state index in [0.717, 1.165) is 30.0 Å². The molecule has 5 nitrogen and oxygen atoms in total. The second-order valence-electron chi connectivity index (χ2n) is 5.55. The number of guanidine groups is 1. The summed E-state index contributed by atoms with van der Waals surface area (Å²) in [7, 11) is 3.28. The van der Waals surface area contributed by atoms with Gasteiger partial charge in [0.15, 0.2) is 17.5 Å². The van der Waals surface area contributed by atoms with Gasteiger partial charge in [-0.1, -0.05) is 18.2 Å². The number of nitrogens with two attached hydrogens (primary N) is 1. The number of nitrogens with one attached hydrogen (secondary N) is 1. The Labute approximate surface area is 143 Å². The summed E-state index contributed by atoms with van der Waals surface area (Å²) in [5.41, 5.74) is 9.25. The quantitative estimate of drug-likeness (QED) is 0.465. The van der Waals surface area contributed by atoms with Gasteiger partial charge in [-0.2, -0.15) is 0 Å². The number of rotatable bonds is 7. The lowest BCUT2D eigenvalue weighted by atomic mass is 10.1. The predicted octanol–water partition coefficient (Wildman–Crippen LogP) is 3.37. The third-order valence-electron chi connectivity index (χ3n) is 3.64. The fourth-order valence-electron chi connectivity index (χ4n) is 2.43. The molecule has 5 heteroatoms. The van der Waals surface area contributed by atoms with E-state index in [1.807, 2.05) is 49.4 Å². The summed E-state index contributed by atoms with van der Waals surface area (Å²) >= 11 is 0. The van der Waals surface area contributed by atoms with Crippen molar-refractivity contribution < 1.29 is 9.47 Å². The number of ether oxygens (including phenoxy) is 2. The van der Waals surface area contributed by atoms with Crippen LogP contribution in [-0.4, -0.2) is 26.7 Å². The lowest BCUT2D eigenvalue weighted by molar-refractivity contribution is 0.354. The van der Waals surface area contributed by atoms with Crippen LogP contribution in [0.5, 0.6) is 11.5 Å². The van der Waals surface area contributed by atoms with E-state index < -0.39 is 0 Å². The zero-order valence-electron chi connectivity index (χ0n) is 14.5. The molecule has 0 saturated carbocycles. The molecule has 0 aliphatic heterocycles. The predicted molar refractivity (Wildman–Crippen MR) is 99.2 cm³/mol. The first-order valence-electron chi connectivity index (χ1n) is 7.97. The number of aryl methyl sites for hydroxylation is 2. The molecule has 0 saturated heterocycles. The fourth-order valence-corrected chi connectivity index (χ4v) is 2.43. The minimum atomic E-state index is 0.438. The van der Waals surface area contributed by atoms with Crippen molar-refractivity contribution >= 4 is 11.6 Å². The molecule has 3 N–H and O–H groups in total. The van der Waals surface area contributed by atoms with Gasteiger partial charge in [-0.3, -0.25) is 4.99 Å². The zero-order chi connectivity index (χ0) is 17.4. The number of anilines is 1. The van der Waals surface area contributed by atoms with E-state index in [1.54, 1.807) is 14.2 Å². The highest BCUT2D eigenvalue weighted by molar-refractivity contribution is 5.92. The van der Waals surface area contributed by atoms with E-state index in [1.165, 1.54) is 11.1 Å². The van der Waals surface area contributed by atoms with Gasteiger partial charge < -0.3 is 20.5 Å². The number of benzene rings is 2. The van der Waals surface area contributed by atoms with Gasteiger partial charge in [0.1, 0.15) is 0 Å². The zero-order valence-corrected chi connectivity index (χ0v) is 14.5. The summed E-state index contributed by atoms with van der Waals surface area (Å²) in [6, 6.07) is 14.0.